The molecular formula is C13H9N3. The van der Waals surface area contributed by atoms with Crippen molar-refractivity contribution in [2.24, 2.45) is 0 Å². The first kappa shape index (κ1) is 8.97. The van der Waals surface area contributed by atoms with Gasteiger partial charge in [0.1, 0.15) is 0 Å². The lowest BCUT2D eigenvalue weighted by molar-refractivity contribution is 1.08. The van der Waals surface area contributed by atoms with Gasteiger partial charge >= 0.3 is 0 Å². The van der Waals surface area contributed by atoms with Crippen LogP contribution in [0.3, 0.4) is 0 Å². The monoisotopic (exact) mass is 207 g/mol. The summed E-state index contributed by atoms with van der Waals surface area (Å²) in [5, 5.41) is 9.21. The first-order valence-corrected chi connectivity index (χ1v) is 5.06. The molecule has 0 bridgehead atoms. The van der Waals surface area contributed by atoms with Gasteiger partial charge < -0.3 is 0 Å². The molecule has 3 heteroatoms. The van der Waals surface area contributed by atoms with E-state index in [0.29, 0.717) is 0 Å². The van der Waals surface area contributed by atoms with Gasteiger partial charge in [-0.15, -0.1) is 0 Å². The Hall–Kier alpha value is -2.29. The van der Waals surface area contributed by atoms with Crippen LogP contribution in [0, 0.1) is 0 Å². The molecule has 0 radical (unpaired) electrons. The van der Waals surface area contributed by atoms with Crippen molar-refractivity contribution < 1.29 is 0 Å². The van der Waals surface area contributed by atoms with Gasteiger partial charge in [-0.3, -0.25) is 4.98 Å². The largest absolute Gasteiger partial charge is 0.264 e. The van der Waals surface area contributed by atoms with Gasteiger partial charge in [0.15, 0.2) is 0 Å². The molecule has 3 aromatic rings. The van der Waals surface area contributed by atoms with E-state index in [9.17, 15) is 0 Å². The van der Waals surface area contributed by atoms with E-state index >= 15 is 0 Å². The highest BCUT2D eigenvalue weighted by molar-refractivity contribution is 5.93. The summed E-state index contributed by atoms with van der Waals surface area (Å²) >= 11 is 0. The molecule has 0 amide bonds. The second-order valence-corrected chi connectivity index (χ2v) is 3.52. The van der Waals surface area contributed by atoms with Gasteiger partial charge in [-0.25, -0.2) is 0 Å². The smallest absolute Gasteiger partial charge is 0.0935 e. The van der Waals surface area contributed by atoms with E-state index in [1.807, 2.05) is 42.6 Å². The molecule has 3 nitrogen and oxygen atoms in total. The van der Waals surface area contributed by atoms with Crippen molar-refractivity contribution in [3.05, 3.63) is 55.0 Å². The number of pyridine rings is 1. The predicted octanol–water partition coefficient (Wildman–Crippen LogP) is 2.69. The molecule has 0 unspecified atom stereocenters. The molecule has 1 aromatic carbocycles. The summed E-state index contributed by atoms with van der Waals surface area (Å²) in [5.74, 6) is 0. The fourth-order valence-corrected chi connectivity index (χ4v) is 1.76. The Morgan fingerprint density at radius 2 is 1.81 bits per heavy atom. The highest BCUT2D eigenvalue weighted by Crippen LogP contribution is 2.25. The van der Waals surface area contributed by atoms with E-state index in [0.717, 1.165) is 22.0 Å². The minimum Gasteiger partial charge on any atom is -0.264 e. The van der Waals surface area contributed by atoms with Crippen LogP contribution in [-0.2, 0) is 0 Å². The summed E-state index contributed by atoms with van der Waals surface area (Å²) in [5.41, 5.74) is 3.04. The number of nitrogens with zero attached hydrogens (tertiary/aromatic N) is 3. The van der Waals surface area contributed by atoms with Gasteiger partial charge in [-0.05, 0) is 12.1 Å². The Morgan fingerprint density at radius 1 is 0.875 bits per heavy atom. The van der Waals surface area contributed by atoms with Crippen molar-refractivity contribution in [1.82, 2.24) is 15.2 Å². The molecule has 0 spiro atoms. The average Bonchev–Trinajstić information content (AvgIpc) is 2.39. The molecule has 16 heavy (non-hydrogen) atoms. The highest BCUT2D eigenvalue weighted by Gasteiger charge is 2.03. The summed E-state index contributed by atoms with van der Waals surface area (Å²) in [4.78, 5) is 4.12. The van der Waals surface area contributed by atoms with Crippen LogP contribution >= 0.6 is 0 Å². The summed E-state index contributed by atoms with van der Waals surface area (Å²) in [6.45, 7) is 0. The first-order chi connectivity index (χ1) is 7.95. The van der Waals surface area contributed by atoms with Crippen molar-refractivity contribution in [3.63, 3.8) is 0 Å². The molecule has 0 aliphatic carbocycles. The van der Waals surface area contributed by atoms with Gasteiger partial charge in [-0.2, -0.15) is 10.2 Å². The maximum atomic E-state index is 4.12. The highest BCUT2D eigenvalue weighted by atomic mass is 15.1. The topological polar surface area (TPSA) is 38.7 Å². The standard InChI is InChI=1S/C13H9N3/c1-2-6-13-11(5-1)12(9-15-16-13)10-4-3-7-14-8-10/h1-9H. The minimum absolute atomic E-state index is 0.906. The van der Waals surface area contributed by atoms with Gasteiger partial charge in [-0.1, -0.05) is 24.3 Å². The van der Waals surface area contributed by atoms with Crippen LogP contribution in [-0.4, -0.2) is 15.2 Å². The Balaban J connectivity index is 2.32. The quantitative estimate of drug-likeness (QED) is 0.615. The molecule has 0 aliphatic heterocycles. The molecule has 76 valence electrons. The lowest BCUT2D eigenvalue weighted by Crippen LogP contribution is -1.87. The minimum atomic E-state index is 0.906. The summed E-state index contributed by atoms with van der Waals surface area (Å²) in [7, 11) is 0. The summed E-state index contributed by atoms with van der Waals surface area (Å²) in [6.07, 6.45) is 5.38. The van der Waals surface area contributed by atoms with Crippen LogP contribution in [0.4, 0.5) is 0 Å². The van der Waals surface area contributed by atoms with Gasteiger partial charge in [0.25, 0.3) is 0 Å². The Bertz CT molecular complexity index is 615. The van der Waals surface area contributed by atoms with E-state index in [-0.39, 0.29) is 0 Å². The average molecular weight is 207 g/mol. The third-order valence-electron chi connectivity index (χ3n) is 2.52. The van der Waals surface area contributed by atoms with Crippen molar-refractivity contribution >= 4 is 10.9 Å². The van der Waals surface area contributed by atoms with Crippen LogP contribution < -0.4 is 0 Å². The fourth-order valence-electron chi connectivity index (χ4n) is 1.76. The van der Waals surface area contributed by atoms with E-state index in [4.69, 9.17) is 0 Å². The zero-order valence-electron chi connectivity index (χ0n) is 8.54. The summed E-state index contributed by atoms with van der Waals surface area (Å²) in [6, 6.07) is 11.9. The normalized spacial score (nSPS) is 10.5. The van der Waals surface area contributed by atoms with E-state index < -0.39 is 0 Å². The predicted molar refractivity (Wildman–Crippen MR) is 62.8 cm³/mol. The van der Waals surface area contributed by atoms with E-state index in [1.165, 1.54) is 0 Å². The van der Waals surface area contributed by atoms with Crippen LogP contribution in [0.2, 0.25) is 0 Å². The number of hydrogen-bond donors (Lipinski definition) is 0. The van der Waals surface area contributed by atoms with Crippen molar-refractivity contribution in [2.75, 3.05) is 0 Å². The maximum Gasteiger partial charge on any atom is 0.0935 e. The van der Waals surface area contributed by atoms with Crippen LogP contribution in [0.15, 0.2) is 55.0 Å². The molecule has 0 N–H and O–H groups in total. The molecule has 3 rings (SSSR count). The number of fused-ring (bicyclic) bond motifs is 1. The molecule has 2 heterocycles. The van der Waals surface area contributed by atoms with Gasteiger partial charge in [0.2, 0.25) is 0 Å². The van der Waals surface area contributed by atoms with Gasteiger partial charge in [0, 0.05) is 28.9 Å². The van der Waals surface area contributed by atoms with Crippen LogP contribution in [0.5, 0.6) is 0 Å². The Kier molecular flexibility index (Phi) is 2.07. The molecule has 0 aliphatic rings. The summed E-state index contributed by atoms with van der Waals surface area (Å²) < 4.78 is 0. The Morgan fingerprint density at radius 3 is 2.69 bits per heavy atom. The van der Waals surface area contributed by atoms with E-state index in [1.54, 1.807) is 12.4 Å². The number of benzene rings is 1. The van der Waals surface area contributed by atoms with Crippen LogP contribution in [0.1, 0.15) is 0 Å². The Labute approximate surface area is 92.8 Å². The number of hydrogen-bond acceptors (Lipinski definition) is 3. The second-order valence-electron chi connectivity index (χ2n) is 3.52. The van der Waals surface area contributed by atoms with Gasteiger partial charge in [0.05, 0.1) is 11.7 Å². The second kappa shape index (κ2) is 3.70. The van der Waals surface area contributed by atoms with Crippen LogP contribution in [0.25, 0.3) is 22.0 Å². The van der Waals surface area contributed by atoms with E-state index in [2.05, 4.69) is 15.2 Å². The molecular weight excluding hydrogens is 198 g/mol. The number of rotatable bonds is 1. The fraction of sp³-hybridized carbons (Fsp3) is 0. The molecule has 0 saturated carbocycles. The first-order valence-electron chi connectivity index (χ1n) is 5.06. The molecule has 2 aromatic heterocycles. The van der Waals surface area contributed by atoms with Crippen molar-refractivity contribution in [1.29, 1.82) is 0 Å². The molecule has 0 fully saturated rings. The lowest BCUT2D eigenvalue weighted by Gasteiger charge is -2.03. The molecule has 0 atom stereocenters. The SMILES string of the molecule is c1cncc(-c2cnnc3ccccc23)c1. The third-order valence-corrected chi connectivity index (χ3v) is 2.52. The zero-order valence-corrected chi connectivity index (χ0v) is 8.54. The lowest BCUT2D eigenvalue weighted by atomic mass is 10.1. The molecule has 0 saturated heterocycles. The third kappa shape index (κ3) is 1.42. The number of aromatic nitrogens is 3. The van der Waals surface area contributed by atoms with Crippen molar-refractivity contribution in [2.45, 2.75) is 0 Å². The van der Waals surface area contributed by atoms with Crippen molar-refractivity contribution in [3.8, 4) is 11.1 Å². The zero-order chi connectivity index (χ0) is 10.8. The maximum absolute atomic E-state index is 4.12.